The van der Waals surface area contributed by atoms with Crippen LogP contribution in [0.15, 0.2) is 0 Å². The van der Waals surface area contributed by atoms with Gasteiger partial charge in [-0.3, -0.25) is 0 Å². The lowest BCUT2D eigenvalue weighted by atomic mass is 9.68. The maximum absolute atomic E-state index is 9.07. The lowest BCUT2D eigenvalue weighted by Gasteiger charge is -2.45. The summed E-state index contributed by atoms with van der Waals surface area (Å²) in [6, 6.07) is 0.601. The Morgan fingerprint density at radius 1 is 1.41 bits per heavy atom. The number of aliphatic hydroxyl groups is 1. The van der Waals surface area contributed by atoms with Crippen molar-refractivity contribution in [2.45, 2.75) is 46.1 Å². The molecule has 0 amide bonds. The maximum Gasteiger partial charge on any atom is 0.0558 e. The van der Waals surface area contributed by atoms with Crippen molar-refractivity contribution in [3.05, 3.63) is 0 Å². The van der Waals surface area contributed by atoms with Gasteiger partial charge in [-0.1, -0.05) is 27.2 Å². The van der Waals surface area contributed by atoms with Crippen molar-refractivity contribution in [3.63, 3.8) is 0 Å². The van der Waals surface area contributed by atoms with Crippen LogP contribution in [0.4, 0.5) is 0 Å². The van der Waals surface area contributed by atoms with E-state index in [1.54, 1.807) is 0 Å². The molecule has 0 aromatic rings. The Labute approximate surface area is 107 Å². The summed E-state index contributed by atoms with van der Waals surface area (Å²) in [6.45, 7) is 10.2. The van der Waals surface area contributed by atoms with Gasteiger partial charge < -0.3 is 15.3 Å². The first-order valence-corrected chi connectivity index (χ1v) is 7.05. The van der Waals surface area contributed by atoms with Crippen LogP contribution in [-0.2, 0) is 0 Å². The fourth-order valence-electron chi connectivity index (χ4n) is 3.45. The maximum atomic E-state index is 9.07. The molecule has 1 saturated carbocycles. The summed E-state index contributed by atoms with van der Waals surface area (Å²) in [5.74, 6) is 0.718. The van der Waals surface area contributed by atoms with Gasteiger partial charge in [-0.05, 0) is 37.8 Å². The van der Waals surface area contributed by atoms with Gasteiger partial charge in [0, 0.05) is 19.1 Å². The van der Waals surface area contributed by atoms with Crippen LogP contribution in [0, 0.1) is 11.3 Å². The summed E-state index contributed by atoms with van der Waals surface area (Å²) in [4.78, 5) is 2.37. The van der Waals surface area contributed by atoms with E-state index in [1.807, 2.05) is 0 Å². The summed E-state index contributed by atoms with van der Waals surface area (Å²) in [7, 11) is 2.09. The molecule has 0 aromatic heterocycles. The van der Waals surface area contributed by atoms with Crippen molar-refractivity contribution >= 4 is 0 Å². The van der Waals surface area contributed by atoms with E-state index >= 15 is 0 Å². The van der Waals surface area contributed by atoms with Crippen LogP contribution in [0.1, 0.15) is 40.0 Å². The Kier molecular flexibility index (Phi) is 5.90. The van der Waals surface area contributed by atoms with E-state index in [4.69, 9.17) is 5.11 Å². The Balaban J connectivity index is 2.61. The highest BCUT2D eigenvalue weighted by molar-refractivity contribution is 4.93. The van der Waals surface area contributed by atoms with Crippen molar-refractivity contribution in [2.75, 3.05) is 33.3 Å². The lowest BCUT2D eigenvalue weighted by Crippen LogP contribution is -2.51. The molecule has 1 fully saturated rings. The molecular weight excluding hydrogens is 212 g/mol. The number of rotatable bonds is 6. The van der Waals surface area contributed by atoms with Crippen molar-refractivity contribution in [3.8, 4) is 0 Å². The van der Waals surface area contributed by atoms with Gasteiger partial charge in [0.05, 0.1) is 6.61 Å². The molecule has 3 nitrogen and oxygen atoms in total. The van der Waals surface area contributed by atoms with Crippen LogP contribution in [0.2, 0.25) is 0 Å². The third-order valence-electron chi connectivity index (χ3n) is 4.38. The van der Waals surface area contributed by atoms with Crippen LogP contribution in [0.3, 0.4) is 0 Å². The van der Waals surface area contributed by atoms with Crippen LogP contribution >= 0.6 is 0 Å². The van der Waals surface area contributed by atoms with Crippen molar-refractivity contribution in [2.24, 2.45) is 11.3 Å². The largest absolute Gasteiger partial charge is 0.395 e. The molecule has 1 aliphatic rings. The van der Waals surface area contributed by atoms with Gasteiger partial charge in [-0.15, -0.1) is 0 Å². The highest BCUT2D eigenvalue weighted by Gasteiger charge is 2.38. The molecule has 0 spiro atoms. The molecule has 0 saturated heterocycles. The molecular formula is C14H30N2O. The zero-order valence-corrected chi connectivity index (χ0v) is 12.0. The molecule has 17 heavy (non-hydrogen) atoms. The molecule has 1 rings (SSSR count). The van der Waals surface area contributed by atoms with Crippen LogP contribution in [-0.4, -0.2) is 49.3 Å². The van der Waals surface area contributed by atoms with Crippen LogP contribution in [0.25, 0.3) is 0 Å². The monoisotopic (exact) mass is 242 g/mol. The number of nitrogens with one attached hydrogen (secondary N) is 1. The molecule has 0 heterocycles. The standard InChI is InChI=1S/C14H30N2O/c1-5-16(9-10-17)11-12-7-6-8-14(2,3)13(12)15-4/h12-13,15,17H,5-11H2,1-4H3. The highest BCUT2D eigenvalue weighted by Crippen LogP contribution is 2.39. The molecule has 0 bridgehead atoms. The molecule has 1 aliphatic carbocycles. The van der Waals surface area contributed by atoms with Gasteiger partial charge in [0.15, 0.2) is 0 Å². The first-order chi connectivity index (χ1) is 8.05. The number of likely N-dealkylation sites (N-methyl/N-ethyl adjacent to an activating group) is 1. The first-order valence-electron chi connectivity index (χ1n) is 7.05. The second-order valence-electron chi connectivity index (χ2n) is 6.02. The Bertz CT molecular complexity index is 218. The van der Waals surface area contributed by atoms with E-state index in [0.29, 0.717) is 11.5 Å². The molecule has 102 valence electrons. The van der Waals surface area contributed by atoms with Gasteiger partial charge in [-0.25, -0.2) is 0 Å². The fraction of sp³-hybridized carbons (Fsp3) is 1.00. The van der Waals surface area contributed by atoms with Gasteiger partial charge in [0.1, 0.15) is 0 Å². The highest BCUT2D eigenvalue weighted by atomic mass is 16.3. The second-order valence-corrected chi connectivity index (χ2v) is 6.02. The van der Waals surface area contributed by atoms with E-state index in [2.05, 4.69) is 38.0 Å². The van der Waals surface area contributed by atoms with E-state index in [9.17, 15) is 0 Å². The smallest absolute Gasteiger partial charge is 0.0558 e. The first kappa shape index (κ1) is 14.9. The number of hydrogen-bond acceptors (Lipinski definition) is 3. The predicted molar refractivity (Wildman–Crippen MR) is 73.2 cm³/mol. The molecule has 3 heteroatoms. The van der Waals surface area contributed by atoms with Crippen molar-refractivity contribution < 1.29 is 5.11 Å². The topological polar surface area (TPSA) is 35.5 Å². The number of hydrogen-bond donors (Lipinski definition) is 2. The van der Waals surface area contributed by atoms with E-state index in [0.717, 1.165) is 25.6 Å². The molecule has 0 aromatic carbocycles. The van der Waals surface area contributed by atoms with E-state index < -0.39 is 0 Å². The molecule has 2 N–H and O–H groups in total. The van der Waals surface area contributed by atoms with Crippen LogP contribution < -0.4 is 5.32 Å². The average Bonchev–Trinajstić information content (AvgIpc) is 2.27. The van der Waals surface area contributed by atoms with Gasteiger partial charge >= 0.3 is 0 Å². The summed E-state index contributed by atoms with van der Waals surface area (Å²) in [6.07, 6.45) is 3.98. The summed E-state index contributed by atoms with van der Waals surface area (Å²) >= 11 is 0. The average molecular weight is 242 g/mol. The van der Waals surface area contributed by atoms with E-state index in [-0.39, 0.29) is 6.61 Å². The van der Waals surface area contributed by atoms with Crippen molar-refractivity contribution in [1.29, 1.82) is 0 Å². The quantitative estimate of drug-likeness (QED) is 0.744. The summed E-state index contributed by atoms with van der Waals surface area (Å²) in [5.41, 5.74) is 0.399. The summed E-state index contributed by atoms with van der Waals surface area (Å²) in [5, 5.41) is 12.6. The number of aliphatic hydroxyl groups excluding tert-OH is 1. The predicted octanol–water partition coefficient (Wildman–Crippen LogP) is 1.71. The Hall–Kier alpha value is -0.120. The zero-order chi connectivity index (χ0) is 12.9. The van der Waals surface area contributed by atoms with Gasteiger partial charge in [0.25, 0.3) is 0 Å². The molecule has 2 unspecified atom stereocenters. The lowest BCUT2D eigenvalue weighted by molar-refractivity contribution is 0.0789. The van der Waals surface area contributed by atoms with Crippen molar-refractivity contribution in [1.82, 2.24) is 10.2 Å². The van der Waals surface area contributed by atoms with Gasteiger partial charge in [-0.2, -0.15) is 0 Å². The minimum Gasteiger partial charge on any atom is -0.395 e. The fourth-order valence-corrected chi connectivity index (χ4v) is 3.45. The van der Waals surface area contributed by atoms with Crippen LogP contribution in [0.5, 0.6) is 0 Å². The third-order valence-corrected chi connectivity index (χ3v) is 4.38. The molecule has 0 radical (unpaired) electrons. The minimum atomic E-state index is 0.272. The van der Waals surface area contributed by atoms with E-state index in [1.165, 1.54) is 19.3 Å². The Morgan fingerprint density at radius 3 is 2.65 bits per heavy atom. The molecule has 0 aliphatic heterocycles. The van der Waals surface area contributed by atoms with Gasteiger partial charge in [0.2, 0.25) is 0 Å². The Morgan fingerprint density at radius 2 is 2.12 bits per heavy atom. The number of nitrogens with zero attached hydrogens (tertiary/aromatic N) is 1. The SMILES string of the molecule is CCN(CCO)CC1CCCC(C)(C)C1NC. The normalized spacial score (nSPS) is 28.6. The third kappa shape index (κ3) is 3.94. The minimum absolute atomic E-state index is 0.272. The summed E-state index contributed by atoms with van der Waals surface area (Å²) < 4.78 is 0. The zero-order valence-electron chi connectivity index (χ0n) is 12.0. The second kappa shape index (κ2) is 6.72. The molecule has 2 atom stereocenters.